The fraction of sp³-hybridized carbons (Fsp3) is 0.562. The molecule has 1 unspecified atom stereocenters. The lowest BCUT2D eigenvalue weighted by atomic mass is 10.2. The first-order chi connectivity index (χ1) is 10.1. The zero-order valence-electron chi connectivity index (χ0n) is 13.7. The molecule has 0 heterocycles. The largest absolute Gasteiger partial charge is 0.492 e. The number of carbonyl (C=O) groups excluding carboxylic acids is 1. The van der Waals surface area contributed by atoms with Crippen LogP contribution >= 0.6 is 12.4 Å². The number of likely N-dealkylation sites (N-methyl/N-ethyl adjacent to an activating group) is 1. The van der Waals surface area contributed by atoms with E-state index in [0.717, 1.165) is 30.9 Å². The van der Waals surface area contributed by atoms with E-state index in [1.807, 2.05) is 24.3 Å². The highest BCUT2D eigenvalue weighted by Gasteiger charge is 2.09. The van der Waals surface area contributed by atoms with E-state index in [9.17, 15) is 4.79 Å². The van der Waals surface area contributed by atoms with E-state index in [2.05, 4.69) is 24.1 Å². The van der Waals surface area contributed by atoms with Gasteiger partial charge in [-0.3, -0.25) is 4.79 Å². The van der Waals surface area contributed by atoms with Crippen molar-refractivity contribution >= 4 is 18.3 Å². The summed E-state index contributed by atoms with van der Waals surface area (Å²) in [6, 6.07) is 7.25. The first kappa shape index (κ1) is 20.7. The summed E-state index contributed by atoms with van der Waals surface area (Å²) in [7, 11) is 0. The highest BCUT2D eigenvalue weighted by molar-refractivity contribution is 5.85. The molecule has 1 aromatic rings. The molecule has 3 N–H and O–H groups in total. The van der Waals surface area contributed by atoms with E-state index in [1.165, 1.54) is 0 Å². The van der Waals surface area contributed by atoms with Crippen LogP contribution in [0.2, 0.25) is 0 Å². The molecule has 1 amide bonds. The third-order valence-electron chi connectivity index (χ3n) is 3.40. The fourth-order valence-electron chi connectivity index (χ4n) is 1.96. The highest BCUT2D eigenvalue weighted by Crippen LogP contribution is 2.17. The second kappa shape index (κ2) is 11.3. The average molecular weight is 330 g/mol. The van der Waals surface area contributed by atoms with E-state index in [4.69, 9.17) is 10.5 Å². The summed E-state index contributed by atoms with van der Waals surface area (Å²) in [5.74, 6) is 0.655. The molecule has 0 aliphatic carbocycles. The van der Waals surface area contributed by atoms with Crippen LogP contribution < -0.4 is 15.8 Å². The molecule has 6 heteroatoms. The predicted octanol–water partition coefficient (Wildman–Crippen LogP) is 1.79. The van der Waals surface area contributed by atoms with Crippen molar-refractivity contribution in [3.05, 3.63) is 29.8 Å². The molecule has 22 heavy (non-hydrogen) atoms. The van der Waals surface area contributed by atoms with E-state index < -0.39 is 6.04 Å². The van der Waals surface area contributed by atoms with Gasteiger partial charge in [0.25, 0.3) is 0 Å². The van der Waals surface area contributed by atoms with Gasteiger partial charge in [0.2, 0.25) is 5.91 Å². The van der Waals surface area contributed by atoms with Crippen molar-refractivity contribution < 1.29 is 9.53 Å². The fourth-order valence-corrected chi connectivity index (χ4v) is 1.96. The van der Waals surface area contributed by atoms with Gasteiger partial charge in [0.15, 0.2) is 0 Å². The maximum absolute atomic E-state index is 11.5. The number of para-hydroxylation sites is 1. The van der Waals surface area contributed by atoms with Crippen LogP contribution in [0, 0.1) is 0 Å². The number of carbonyl (C=O) groups is 1. The third kappa shape index (κ3) is 7.11. The van der Waals surface area contributed by atoms with Crippen LogP contribution in [-0.4, -0.2) is 43.1 Å². The quantitative estimate of drug-likeness (QED) is 0.725. The highest BCUT2D eigenvalue weighted by atomic mass is 35.5. The third-order valence-corrected chi connectivity index (χ3v) is 3.40. The molecule has 1 aromatic carbocycles. The molecule has 1 atom stereocenters. The Kier molecular flexibility index (Phi) is 10.6. The van der Waals surface area contributed by atoms with Crippen LogP contribution in [0.1, 0.15) is 26.3 Å². The lowest BCUT2D eigenvalue weighted by Crippen LogP contribution is -2.37. The van der Waals surface area contributed by atoms with Crippen molar-refractivity contribution in [2.45, 2.75) is 33.4 Å². The van der Waals surface area contributed by atoms with Gasteiger partial charge in [0.05, 0.1) is 6.04 Å². The normalized spacial score (nSPS) is 11.7. The van der Waals surface area contributed by atoms with Crippen molar-refractivity contribution in [1.82, 2.24) is 10.2 Å². The second-order valence-electron chi connectivity index (χ2n) is 4.99. The van der Waals surface area contributed by atoms with Gasteiger partial charge in [-0.1, -0.05) is 32.0 Å². The molecule has 126 valence electrons. The van der Waals surface area contributed by atoms with Crippen LogP contribution in [0.25, 0.3) is 0 Å². The molecule has 5 nitrogen and oxygen atoms in total. The maximum Gasteiger partial charge on any atom is 0.236 e. The number of hydrogen-bond donors (Lipinski definition) is 2. The van der Waals surface area contributed by atoms with Crippen LogP contribution in [0.4, 0.5) is 0 Å². The van der Waals surface area contributed by atoms with Crippen molar-refractivity contribution in [2.24, 2.45) is 5.73 Å². The maximum atomic E-state index is 11.5. The van der Waals surface area contributed by atoms with Crippen LogP contribution in [0.5, 0.6) is 5.75 Å². The molecule has 0 aliphatic heterocycles. The average Bonchev–Trinajstić information content (AvgIpc) is 2.50. The van der Waals surface area contributed by atoms with Crippen molar-refractivity contribution in [3.63, 3.8) is 0 Å². The molecule has 0 aliphatic rings. The Morgan fingerprint density at radius 1 is 1.32 bits per heavy atom. The number of nitrogens with zero attached hydrogens (tertiary/aromatic N) is 1. The Bertz CT molecular complexity index is 437. The number of hydrogen-bond acceptors (Lipinski definition) is 4. The molecule has 0 aromatic heterocycles. The molecule has 0 fully saturated rings. The molecule has 0 saturated heterocycles. The number of nitrogens with one attached hydrogen (secondary N) is 1. The number of amides is 1. The number of rotatable bonds is 9. The predicted molar refractivity (Wildman–Crippen MR) is 92.5 cm³/mol. The summed E-state index contributed by atoms with van der Waals surface area (Å²) in [4.78, 5) is 13.8. The minimum atomic E-state index is -0.499. The summed E-state index contributed by atoms with van der Waals surface area (Å²) >= 11 is 0. The van der Waals surface area contributed by atoms with Gasteiger partial charge in [-0.25, -0.2) is 0 Å². The Hall–Kier alpha value is -1.30. The van der Waals surface area contributed by atoms with E-state index in [0.29, 0.717) is 13.2 Å². The van der Waals surface area contributed by atoms with Gasteiger partial charge in [-0.2, -0.15) is 0 Å². The number of halogens is 1. The Labute approximate surface area is 139 Å². The van der Waals surface area contributed by atoms with Crippen LogP contribution in [0.3, 0.4) is 0 Å². The van der Waals surface area contributed by atoms with E-state index in [1.54, 1.807) is 6.92 Å². The number of nitrogens with two attached hydrogens (primary N) is 1. The standard InChI is InChI=1S/C16H27N3O2.ClH/c1-4-19(5-2)10-11-21-15-9-7-6-8-14(15)12-18-16(20)13(3)17;/h6-9,13H,4-5,10-12,17H2,1-3H3,(H,18,20);1H. The zero-order chi connectivity index (χ0) is 15.7. The molecule has 0 bridgehead atoms. The first-order valence-corrected chi connectivity index (χ1v) is 7.54. The second-order valence-corrected chi connectivity index (χ2v) is 4.99. The van der Waals surface area contributed by atoms with Gasteiger partial charge < -0.3 is 20.7 Å². The monoisotopic (exact) mass is 329 g/mol. The van der Waals surface area contributed by atoms with Gasteiger partial charge in [0.1, 0.15) is 12.4 Å². The lowest BCUT2D eigenvalue weighted by Gasteiger charge is -2.19. The summed E-state index contributed by atoms with van der Waals surface area (Å²) in [6.07, 6.45) is 0. The van der Waals surface area contributed by atoms with Crippen molar-refractivity contribution in [1.29, 1.82) is 0 Å². The summed E-state index contributed by atoms with van der Waals surface area (Å²) in [5, 5.41) is 2.81. The first-order valence-electron chi connectivity index (χ1n) is 7.54. The van der Waals surface area contributed by atoms with Crippen molar-refractivity contribution in [3.8, 4) is 5.75 Å². The van der Waals surface area contributed by atoms with Gasteiger partial charge in [-0.05, 0) is 26.1 Å². The van der Waals surface area contributed by atoms with Crippen LogP contribution in [-0.2, 0) is 11.3 Å². The Balaban J connectivity index is 0.00000441. The number of benzene rings is 1. The molecular weight excluding hydrogens is 302 g/mol. The lowest BCUT2D eigenvalue weighted by molar-refractivity contribution is -0.122. The topological polar surface area (TPSA) is 67.6 Å². The summed E-state index contributed by atoms with van der Waals surface area (Å²) in [5.41, 5.74) is 6.50. The van der Waals surface area contributed by atoms with Gasteiger partial charge in [-0.15, -0.1) is 12.4 Å². The molecule has 0 radical (unpaired) electrons. The zero-order valence-corrected chi connectivity index (χ0v) is 14.5. The minimum Gasteiger partial charge on any atom is -0.492 e. The minimum absolute atomic E-state index is 0. The molecular formula is C16H28ClN3O2. The summed E-state index contributed by atoms with van der Waals surface area (Å²) < 4.78 is 5.84. The Morgan fingerprint density at radius 2 is 1.95 bits per heavy atom. The molecule has 0 spiro atoms. The van der Waals surface area contributed by atoms with Crippen LogP contribution in [0.15, 0.2) is 24.3 Å². The van der Waals surface area contributed by atoms with Gasteiger partial charge >= 0.3 is 0 Å². The summed E-state index contributed by atoms with van der Waals surface area (Å²) in [6.45, 7) is 9.96. The SMILES string of the molecule is CCN(CC)CCOc1ccccc1CNC(=O)C(C)N.Cl. The smallest absolute Gasteiger partial charge is 0.236 e. The molecule has 0 saturated carbocycles. The number of ether oxygens (including phenoxy) is 1. The Morgan fingerprint density at radius 3 is 2.55 bits per heavy atom. The van der Waals surface area contributed by atoms with E-state index >= 15 is 0 Å². The molecule has 1 rings (SSSR count). The van der Waals surface area contributed by atoms with Gasteiger partial charge in [0, 0.05) is 18.7 Å². The van der Waals surface area contributed by atoms with Crippen molar-refractivity contribution in [2.75, 3.05) is 26.2 Å². The van der Waals surface area contributed by atoms with E-state index in [-0.39, 0.29) is 18.3 Å².